The van der Waals surface area contributed by atoms with Gasteiger partial charge in [-0.25, -0.2) is 0 Å². The Morgan fingerprint density at radius 3 is 2.56 bits per heavy atom. The molecule has 1 aromatic rings. The molecule has 100 valence electrons. The van der Waals surface area contributed by atoms with Crippen molar-refractivity contribution >= 4 is 0 Å². The van der Waals surface area contributed by atoms with Crippen molar-refractivity contribution in [1.29, 1.82) is 0 Å². The van der Waals surface area contributed by atoms with E-state index >= 15 is 0 Å². The summed E-state index contributed by atoms with van der Waals surface area (Å²) in [5.41, 5.74) is 7.82. The normalized spacial score (nSPS) is 30.4. The van der Waals surface area contributed by atoms with E-state index < -0.39 is 0 Å². The summed E-state index contributed by atoms with van der Waals surface area (Å²) in [6.45, 7) is 2.34. The van der Waals surface area contributed by atoms with Gasteiger partial charge in [-0.1, -0.05) is 13.0 Å². The maximum atomic E-state index is 6.57. The lowest BCUT2D eigenvalue weighted by Crippen LogP contribution is -2.54. The molecule has 3 heteroatoms. The zero-order valence-corrected chi connectivity index (χ0v) is 11.8. The first kappa shape index (κ1) is 13.5. The summed E-state index contributed by atoms with van der Waals surface area (Å²) in [4.78, 5) is 6.54. The number of hydrogen-bond donors (Lipinski definition) is 1. The van der Waals surface area contributed by atoms with Crippen LogP contribution in [0.3, 0.4) is 0 Å². The molecule has 0 aromatic carbocycles. The quantitative estimate of drug-likeness (QED) is 0.892. The van der Waals surface area contributed by atoms with Gasteiger partial charge in [0.2, 0.25) is 0 Å². The summed E-state index contributed by atoms with van der Waals surface area (Å²) < 4.78 is 0. The zero-order valence-electron chi connectivity index (χ0n) is 11.8. The first-order chi connectivity index (χ1) is 8.56. The van der Waals surface area contributed by atoms with Crippen LogP contribution in [-0.2, 0) is 0 Å². The summed E-state index contributed by atoms with van der Waals surface area (Å²) in [5, 5.41) is 0. The van der Waals surface area contributed by atoms with Gasteiger partial charge >= 0.3 is 0 Å². The minimum Gasteiger partial charge on any atom is -0.322 e. The highest BCUT2D eigenvalue weighted by Crippen LogP contribution is 2.42. The molecule has 1 fully saturated rings. The molecule has 1 unspecified atom stereocenters. The average molecular weight is 247 g/mol. The molecule has 0 amide bonds. The number of likely N-dealkylation sites (N-methyl/N-ethyl adjacent to an activating group) is 1. The zero-order chi connectivity index (χ0) is 13.2. The Bertz CT molecular complexity index is 367. The number of hydrogen-bond acceptors (Lipinski definition) is 3. The van der Waals surface area contributed by atoms with Crippen LogP contribution in [0, 0.1) is 5.92 Å². The van der Waals surface area contributed by atoms with Crippen molar-refractivity contribution in [3.63, 3.8) is 0 Å². The molecule has 2 N–H and O–H groups in total. The Morgan fingerprint density at radius 2 is 2.06 bits per heavy atom. The molecular formula is C15H25N3. The third-order valence-electron chi connectivity index (χ3n) is 4.65. The predicted molar refractivity (Wildman–Crippen MR) is 75.2 cm³/mol. The number of nitrogens with two attached hydrogens (primary N) is 1. The molecule has 0 aliphatic heterocycles. The topological polar surface area (TPSA) is 42.1 Å². The number of nitrogens with zero attached hydrogens (tertiary/aromatic N) is 2. The summed E-state index contributed by atoms with van der Waals surface area (Å²) in [5.74, 6) is 0.833. The predicted octanol–water partition coefficient (Wildman–Crippen LogP) is 2.59. The lowest BCUT2D eigenvalue weighted by molar-refractivity contribution is 0.0563. The maximum Gasteiger partial charge on any atom is 0.0497 e. The fourth-order valence-corrected chi connectivity index (χ4v) is 3.17. The van der Waals surface area contributed by atoms with Gasteiger partial charge in [0.15, 0.2) is 0 Å². The molecule has 1 aliphatic rings. The molecule has 1 aliphatic carbocycles. The van der Waals surface area contributed by atoms with E-state index in [9.17, 15) is 0 Å². The maximum absolute atomic E-state index is 6.57. The van der Waals surface area contributed by atoms with Gasteiger partial charge in [-0.3, -0.25) is 4.98 Å². The van der Waals surface area contributed by atoms with E-state index in [1.165, 1.54) is 25.7 Å². The second-order valence-corrected chi connectivity index (χ2v) is 5.94. The Morgan fingerprint density at radius 1 is 1.39 bits per heavy atom. The first-order valence-corrected chi connectivity index (χ1v) is 6.89. The van der Waals surface area contributed by atoms with Crippen molar-refractivity contribution in [1.82, 2.24) is 9.88 Å². The number of aromatic nitrogens is 1. The van der Waals surface area contributed by atoms with Gasteiger partial charge in [0, 0.05) is 24.0 Å². The number of rotatable bonds is 3. The smallest absolute Gasteiger partial charge is 0.0497 e. The van der Waals surface area contributed by atoms with E-state index in [0.29, 0.717) is 0 Å². The van der Waals surface area contributed by atoms with Crippen molar-refractivity contribution < 1.29 is 0 Å². The van der Waals surface area contributed by atoms with Crippen molar-refractivity contribution in [2.75, 3.05) is 14.1 Å². The van der Waals surface area contributed by atoms with Crippen LogP contribution in [0.15, 0.2) is 24.5 Å². The Balaban J connectivity index is 2.25. The van der Waals surface area contributed by atoms with Gasteiger partial charge in [-0.2, -0.15) is 0 Å². The second-order valence-electron chi connectivity index (χ2n) is 5.94. The van der Waals surface area contributed by atoms with E-state index in [1.54, 1.807) is 0 Å². The molecule has 3 nitrogen and oxygen atoms in total. The molecular weight excluding hydrogens is 222 g/mol. The Hall–Kier alpha value is -0.930. The molecule has 0 spiro atoms. The highest BCUT2D eigenvalue weighted by molar-refractivity contribution is 5.20. The monoisotopic (exact) mass is 247 g/mol. The molecule has 0 radical (unpaired) electrons. The van der Waals surface area contributed by atoms with Gasteiger partial charge in [-0.15, -0.1) is 0 Å². The highest BCUT2D eigenvalue weighted by atomic mass is 15.2. The SMILES string of the molecule is CC1CCC(C(N)c2cccnc2)(N(C)C)CC1. The van der Waals surface area contributed by atoms with Crippen LogP contribution in [-0.4, -0.2) is 29.5 Å². The van der Waals surface area contributed by atoms with Crippen molar-refractivity contribution in [3.8, 4) is 0 Å². The third kappa shape index (κ3) is 2.43. The largest absolute Gasteiger partial charge is 0.322 e. The van der Waals surface area contributed by atoms with Crippen LogP contribution in [0.4, 0.5) is 0 Å². The molecule has 1 heterocycles. The minimum atomic E-state index is 0.0497. The molecule has 18 heavy (non-hydrogen) atoms. The summed E-state index contributed by atoms with van der Waals surface area (Å²) >= 11 is 0. The average Bonchev–Trinajstić information content (AvgIpc) is 2.40. The van der Waals surface area contributed by atoms with Crippen LogP contribution >= 0.6 is 0 Å². The van der Waals surface area contributed by atoms with Crippen LogP contribution < -0.4 is 5.73 Å². The molecule has 0 saturated heterocycles. The number of pyridine rings is 1. The van der Waals surface area contributed by atoms with E-state index in [-0.39, 0.29) is 11.6 Å². The van der Waals surface area contributed by atoms with E-state index in [0.717, 1.165) is 11.5 Å². The second kappa shape index (κ2) is 5.37. The fraction of sp³-hybridized carbons (Fsp3) is 0.667. The Kier molecular flexibility index (Phi) is 4.03. The summed E-state index contributed by atoms with van der Waals surface area (Å²) in [6, 6.07) is 4.12. The fourth-order valence-electron chi connectivity index (χ4n) is 3.17. The molecule has 1 atom stereocenters. The summed E-state index contributed by atoms with van der Waals surface area (Å²) in [7, 11) is 4.32. The van der Waals surface area contributed by atoms with Gasteiger partial charge in [0.25, 0.3) is 0 Å². The van der Waals surface area contributed by atoms with E-state index in [2.05, 4.69) is 37.0 Å². The van der Waals surface area contributed by atoms with Crippen molar-refractivity contribution in [3.05, 3.63) is 30.1 Å². The van der Waals surface area contributed by atoms with E-state index in [1.807, 2.05) is 18.5 Å². The first-order valence-electron chi connectivity index (χ1n) is 6.89. The third-order valence-corrected chi connectivity index (χ3v) is 4.65. The van der Waals surface area contributed by atoms with Crippen molar-refractivity contribution in [2.24, 2.45) is 11.7 Å². The molecule has 1 saturated carbocycles. The molecule has 0 bridgehead atoms. The van der Waals surface area contributed by atoms with Crippen LogP contribution in [0.25, 0.3) is 0 Å². The lowest BCUT2D eigenvalue weighted by Gasteiger charge is -2.48. The summed E-state index contributed by atoms with van der Waals surface area (Å²) in [6.07, 6.45) is 8.61. The van der Waals surface area contributed by atoms with Crippen LogP contribution in [0.1, 0.15) is 44.2 Å². The molecule has 2 rings (SSSR count). The Labute approximate surface area is 110 Å². The van der Waals surface area contributed by atoms with Gasteiger partial charge in [-0.05, 0) is 57.3 Å². The molecule has 1 aromatic heterocycles. The van der Waals surface area contributed by atoms with Crippen molar-refractivity contribution in [2.45, 2.75) is 44.2 Å². The highest BCUT2D eigenvalue weighted by Gasteiger charge is 2.41. The lowest BCUT2D eigenvalue weighted by atomic mass is 9.71. The van der Waals surface area contributed by atoms with E-state index in [4.69, 9.17) is 5.73 Å². The minimum absolute atomic E-state index is 0.0497. The van der Waals surface area contributed by atoms with Gasteiger partial charge < -0.3 is 10.6 Å². The van der Waals surface area contributed by atoms with Crippen LogP contribution in [0.2, 0.25) is 0 Å². The standard InChI is InChI=1S/C15H25N3/c1-12-6-8-15(9-7-12,18(2)3)14(16)13-5-4-10-17-11-13/h4-5,10-12,14H,6-9,16H2,1-3H3. The van der Waals surface area contributed by atoms with Gasteiger partial charge in [0.1, 0.15) is 0 Å². The van der Waals surface area contributed by atoms with Crippen LogP contribution in [0.5, 0.6) is 0 Å². The van der Waals surface area contributed by atoms with Gasteiger partial charge in [0.05, 0.1) is 0 Å².